The van der Waals surface area contributed by atoms with Gasteiger partial charge in [0.15, 0.2) is 0 Å². The van der Waals surface area contributed by atoms with Gasteiger partial charge in [-0.05, 0) is 24.6 Å². The Balaban J connectivity index is 2.57. The lowest BCUT2D eigenvalue weighted by atomic mass is 10.0. The van der Waals surface area contributed by atoms with Crippen LogP contribution < -0.4 is 0 Å². The van der Waals surface area contributed by atoms with E-state index in [9.17, 15) is 13.2 Å². The Morgan fingerprint density at radius 2 is 1.79 bits per heavy atom. The van der Waals surface area contributed by atoms with Crippen LogP contribution in [-0.4, -0.2) is 4.98 Å². The van der Waals surface area contributed by atoms with E-state index in [2.05, 4.69) is 4.98 Å². The average molecular weight is 286 g/mol. The molecule has 0 fully saturated rings. The Hall–Kier alpha value is -1.55. The van der Waals surface area contributed by atoms with E-state index in [0.717, 1.165) is 11.6 Å². The number of benzene rings is 1. The Bertz CT molecular complexity index is 593. The Kier molecular flexibility index (Phi) is 3.80. The number of aryl methyl sites for hydroxylation is 1. The molecule has 1 aromatic carbocycles. The second-order valence-corrected chi connectivity index (χ2v) is 4.39. The summed E-state index contributed by atoms with van der Waals surface area (Å²) in [5, 5.41) is 0. The molecule has 0 spiro atoms. The summed E-state index contributed by atoms with van der Waals surface area (Å²) < 4.78 is 38.8. The Morgan fingerprint density at radius 1 is 1.11 bits per heavy atom. The van der Waals surface area contributed by atoms with Crippen LogP contribution in [0.25, 0.3) is 11.3 Å². The molecule has 0 radical (unpaired) electrons. The second-order valence-electron chi connectivity index (χ2n) is 4.12. The van der Waals surface area contributed by atoms with Gasteiger partial charge < -0.3 is 0 Å². The van der Waals surface area contributed by atoms with Gasteiger partial charge in [-0.2, -0.15) is 13.2 Å². The molecule has 2 aromatic rings. The van der Waals surface area contributed by atoms with Crippen LogP contribution in [-0.2, 0) is 12.1 Å². The van der Waals surface area contributed by atoms with Gasteiger partial charge >= 0.3 is 6.18 Å². The van der Waals surface area contributed by atoms with E-state index < -0.39 is 11.7 Å². The molecule has 1 nitrogen and oxygen atoms in total. The zero-order valence-corrected chi connectivity index (χ0v) is 10.9. The topological polar surface area (TPSA) is 12.9 Å². The fourth-order valence-corrected chi connectivity index (χ4v) is 2.12. The summed E-state index contributed by atoms with van der Waals surface area (Å²) in [6.07, 6.45) is -4.39. The Labute approximate surface area is 114 Å². The highest BCUT2D eigenvalue weighted by molar-refractivity contribution is 6.17. The zero-order chi connectivity index (χ0) is 14.0. The van der Waals surface area contributed by atoms with Crippen molar-refractivity contribution in [3.05, 3.63) is 53.2 Å². The summed E-state index contributed by atoms with van der Waals surface area (Å²) in [7, 11) is 0. The van der Waals surface area contributed by atoms with Crippen molar-refractivity contribution in [3.8, 4) is 11.3 Å². The number of nitrogens with zero attached hydrogens (tertiary/aromatic N) is 1. The largest absolute Gasteiger partial charge is 0.417 e. The first-order valence-corrected chi connectivity index (χ1v) is 6.16. The molecular formula is C14H11ClF3N. The molecule has 0 saturated carbocycles. The van der Waals surface area contributed by atoms with E-state index in [4.69, 9.17) is 11.6 Å². The van der Waals surface area contributed by atoms with Crippen LogP contribution in [0.1, 0.15) is 16.8 Å². The van der Waals surface area contributed by atoms with E-state index in [1.807, 2.05) is 0 Å². The first-order valence-electron chi connectivity index (χ1n) is 5.62. The predicted molar refractivity (Wildman–Crippen MR) is 69.0 cm³/mol. The SMILES string of the molecule is Cc1nc(-c2ccccc2C(F)(F)F)ccc1CCl. The highest BCUT2D eigenvalue weighted by Crippen LogP contribution is 2.36. The van der Waals surface area contributed by atoms with Gasteiger partial charge in [0.25, 0.3) is 0 Å². The van der Waals surface area contributed by atoms with Crippen molar-refractivity contribution in [3.63, 3.8) is 0 Å². The first kappa shape index (κ1) is 13.9. The minimum absolute atomic E-state index is 0.0826. The van der Waals surface area contributed by atoms with Gasteiger partial charge in [0.1, 0.15) is 0 Å². The van der Waals surface area contributed by atoms with E-state index in [0.29, 0.717) is 17.3 Å². The van der Waals surface area contributed by atoms with Crippen LogP contribution in [0.3, 0.4) is 0 Å². The van der Waals surface area contributed by atoms with Crippen LogP contribution in [0.5, 0.6) is 0 Å². The summed E-state index contributed by atoms with van der Waals surface area (Å²) in [5.41, 5.74) is 1.17. The van der Waals surface area contributed by atoms with Gasteiger partial charge in [0.05, 0.1) is 11.3 Å². The summed E-state index contributed by atoms with van der Waals surface area (Å²) >= 11 is 5.71. The summed E-state index contributed by atoms with van der Waals surface area (Å²) in [4.78, 5) is 4.20. The van der Waals surface area contributed by atoms with Crippen molar-refractivity contribution in [2.75, 3.05) is 0 Å². The van der Waals surface area contributed by atoms with Crippen LogP contribution in [0.2, 0.25) is 0 Å². The first-order chi connectivity index (χ1) is 8.93. The van der Waals surface area contributed by atoms with Crippen molar-refractivity contribution >= 4 is 11.6 Å². The molecule has 0 aliphatic rings. The van der Waals surface area contributed by atoms with E-state index in [1.165, 1.54) is 12.1 Å². The highest BCUT2D eigenvalue weighted by atomic mass is 35.5. The summed E-state index contributed by atoms with van der Waals surface area (Å²) in [6, 6.07) is 8.68. The molecule has 0 atom stereocenters. The molecule has 0 N–H and O–H groups in total. The number of hydrogen-bond acceptors (Lipinski definition) is 1. The molecule has 0 bridgehead atoms. The molecule has 100 valence electrons. The van der Waals surface area contributed by atoms with Gasteiger partial charge in [0.2, 0.25) is 0 Å². The lowest BCUT2D eigenvalue weighted by molar-refractivity contribution is -0.137. The van der Waals surface area contributed by atoms with E-state index >= 15 is 0 Å². The maximum absolute atomic E-state index is 12.9. The lowest BCUT2D eigenvalue weighted by Crippen LogP contribution is -2.07. The molecule has 1 aromatic heterocycles. The minimum Gasteiger partial charge on any atom is -0.253 e. The van der Waals surface area contributed by atoms with Crippen molar-refractivity contribution in [1.29, 1.82) is 0 Å². The van der Waals surface area contributed by atoms with Crippen LogP contribution in [0, 0.1) is 6.92 Å². The van der Waals surface area contributed by atoms with Crippen LogP contribution in [0.15, 0.2) is 36.4 Å². The number of halogens is 4. The highest BCUT2D eigenvalue weighted by Gasteiger charge is 2.33. The molecule has 19 heavy (non-hydrogen) atoms. The smallest absolute Gasteiger partial charge is 0.253 e. The van der Waals surface area contributed by atoms with E-state index in [1.54, 1.807) is 25.1 Å². The third-order valence-corrected chi connectivity index (χ3v) is 3.14. The molecule has 2 rings (SSSR count). The lowest BCUT2D eigenvalue weighted by Gasteiger charge is -2.13. The van der Waals surface area contributed by atoms with Crippen molar-refractivity contribution < 1.29 is 13.2 Å². The number of aromatic nitrogens is 1. The van der Waals surface area contributed by atoms with Crippen LogP contribution >= 0.6 is 11.6 Å². The summed E-state index contributed by atoms with van der Waals surface area (Å²) in [5.74, 6) is 0.292. The van der Waals surface area contributed by atoms with E-state index in [-0.39, 0.29) is 5.56 Å². The molecule has 0 aliphatic carbocycles. The number of hydrogen-bond donors (Lipinski definition) is 0. The van der Waals surface area contributed by atoms with Crippen molar-refractivity contribution in [2.24, 2.45) is 0 Å². The molecule has 0 amide bonds. The Morgan fingerprint density at radius 3 is 2.37 bits per heavy atom. The maximum Gasteiger partial charge on any atom is 0.417 e. The standard InChI is InChI=1S/C14H11ClF3N/c1-9-10(8-15)6-7-13(19-9)11-4-2-3-5-12(11)14(16,17)18/h2-7H,8H2,1H3. The van der Waals surface area contributed by atoms with Gasteiger partial charge in [-0.1, -0.05) is 24.3 Å². The predicted octanol–water partition coefficient (Wildman–Crippen LogP) is 4.81. The molecule has 0 saturated heterocycles. The molecular weight excluding hydrogens is 275 g/mol. The normalized spacial score (nSPS) is 11.6. The fraction of sp³-hybridized carbons (Fsp3) is 0.214. The van der Waals surface area contributed by atoms with Gasteiger partial charge in [-0.25, -0.2) is 0 Å². The van der Waals surface area contributed by atoms with Crippen molar-refractivity contribution in [1.82, 2.24) is 4.98 Å². The number of pyridine rings is 1. The number of alkyl halides is 4. The van der Waals surface area contributed by atoms with Gasteiger partial charge in [0, 0.05) is 17.1 Å². The molecule has 0 unspecified atom stereocenters. The molecule has 0 aliphatic heterocycles. The quantitative estimate of drug-likeness (QED) is 0.721. The third-order valence-electron chi connectivity index (χ3n) is 2.85. The van der Waals surface area contributed by atoms with Gasteiger partial charge in [-0.15, -0.1) is 11.6 Å². The maximum atomic E-state index is 12.9. The number of rotatable bonds is 2. The summed E-state index contributed by atoms with van der Waals surface area (Å²) in [6.45, 7) is 1.73. The molecule has 1 heterocycles. The third kappa shape index (κ3) is 2.89. The fourth-order valence-electron chi connectivity index (χ4n) is 1.83. The second kappa shape index (κ2) is 5.21. The van der Waals surface area contributed by atoms with Crippen LogP contribution in [0.4, 0.5) is 13.2 Å². The monoisotopic (exact) mass is 285 g/mol. The molecule has 5 heteroatoms. The van der Waals surface area contributed by atoms with Crippen molar-refractivity contribution in [2.45, 2.75) is 19.0 Å². The van der Waals surface area contributed by atoms with Gasteiger partial charge in [-0.3, -0.25) is 4.98 Å². The minimum atomic E-state index is -4.39. The zero-order valence-electron chi connectivity index (χ0n) is 10.1. The average Bonchev–Trinajstić information content (AvgIpc) is 2.37.